The van der Waals surface area contributed by atoms with E-state index in [1.807, 2.05) is 12.3 Å². The molecule has 0 bridgehead atoms. The Balaban J connectivity index is 2.70. The summed E-state index contributed by atoms with van der Waals surface area (Å²) in [7, 11) is 1.80. The summed E-state index contributed by atoms with van der Waals surface area (Å²) in [6.07, 6.45) is 0.433. The fourth-order valence-corrected chi connectivity index (χ4v) is 2.23. The lowest BCUT2D eigenvalue weighted by Gasteiger charge is -2.14. The Labute approximate surface area is 101 Å². The number of ketones is 1. The minimum atomic E-state index is -0.0954. The molecule has 1 N–H and O–H groups in total. The number of hydrogen-bond acceptors (Lipinski definition) is 4. The van der Waals surface area contributed by atoms with Gasteiger partial charge >= 0.3 is 0 Å². The van der Waals surface area contributed by atoms with Gasteiger partial charge in [0.25, 0.3) is 0 Å². The van der Waals surface area contributed by atoms with Crippen molar-refractivity contribution in [2.45, 2.75) is 45.6 Å². The van der Waals surface area contributed by atoms with E-state index in [0.717, 1.165) is 10.7 Å². The van der Waals surface area contributed by atoms with Crippen molar-refractivity contribution in [2.24, 2.45) is 0 Å². The Morgan fingerprint density at radius 1 is 1.56 bits per heavy atom. The summed E-state index contributed by atoms with van der Waals surface area (Å²) >= 11 is 1.57. The average molecular weight is 240 g/mol. The number of carbonyl (C=O) groups is 1. The van der Waals surface area contributed by atoms with E-state index in [2.05, 4.69) is 31.1 Å². The van der Waals surface area contributed by atoms with Gasteiger partial charge in [-0.25, -0.2) is 4.98 Å². The van der Waals surface area contributed by atoms with Crippen LogP contribution < -0.4 is 5.32 Å². The standard InChI is InChI=1S/C12H20N2OS/c1-8(13-5)9(15)6-11-14-10(7-16-11)12(2,3)4/h7-8,13H,6H2,1-5H3. The van der Waals surface area contributed by atoms with E-state index in [-0.39, 0.29) is 17.2 Å². The third-order valence-electron chi connectivity index (χ3n) is 2.56. The highest BCUT2D eigenvalue weighted by Gasteiger charge is 2.19. The largest absolute Gasteiger partial charge is 0.311 e. The van der Waals surface area contributed by atoms with Crippen LogP contribution in [-0.4, -0.2) is 23.9 Å². The van der Waals surface area contributed by atoms with Gasteiger partial charge in [-0.2, -0.15) is 0 Å². The predicted octanol–water partition coefficient (Wildman–Crippen LogP) is 2.16. The molecular formula is C12H20N2OS. The molecule has 0 aliphatic heterocycles. The fraction of sp³-hybridized carbons (Fsp3) is 0.667. The van der Waals surface area contributed by atoms with E-state index in [4.69, 9.17) is 0 Å². The minimum absolute atomic E-state index is 0.0619. The highest BCUT2D eigenvalue weighted by molar-refractivity contribution is 7.09. The van der Waals surface area contributed by atoms with Crippen molar-refractivity contribution in [3.63, 3.8) is 0 Å². The van der Waals surface area contributed by atoms with Crippen molar-refractivity contribution in [2.75, 3.05) is 7.05 Å². The van der Waals surface area contributed by atoms with Gasteiger partial charge in [-0.05, 0) is 14.0 Å². The van der Waals surface area contributed by atoms with Crippen molar-refractivity contribution in [1.82, 2.24) is 10.3 Å². The summed E-state index contributed by atoms with van der Waals surface area (Å²) in [6, 6.07) is -0.0954. The second-order valence-electron chi connectivity index (χ2n) is 5.03. The lowest BCUT2D eigenvalue weighted by molar-refractivity contribution is -0.119. The molecule has 1 heterocycles. The van der Waals surface area contributed by atoms with Crippen LogP contribution in [0, 0.1) is 0 Å². The molecule has 16 heavy (non-hydrogen) atoms. The fourth-order valence-electron chi connectivity index (χ4n) is 1.20. The summed E-state index contributed by atoms with van der Waals surface area (Å²) < 4.78 is 0. The molecule has 1 rings (SSSR count). The summed E-state index contributed by atoms with van der Waals surface area (Å²) in [6.45, 7) is 8.26. The zero-order chi connectivity index (χ0) is 12.3. The quantitative estimate of drug-likeness (QED) is 0.877. The Hall–Kier alpha value is -0.740. The first-order valence-electron chi connectivity index (χ1n) is 5.49. The number of aromatic nitrogens is 1. The molecule has 0 saturated carbocycles. The smallest absolute Gasteiger partial charge is 0.156 e. The number of likely N-dealkylation sites (N-methyl/N-ethyl adjacent to an activating group) is 1. The second-order valence-corrected chi connectivity index (χ2v) is 5.97. The monoisotopic (exact) mass is 240 g/mol. The number of nitrogens with one attached hydrogen (secondary N) is 1. The molecule has 0 spiro atoms. The predicted molar refractivity (Wildman–Crippen MR) is 68.0 cm³/mol. The number of carbonyl (C=O) groups excluding carboxylic acids is 1. The van der Waals surface area contributed by atoms with Crippen molar-refractivity contribution >= 4 is 17.1 Å². The molecule has 0 aliphatic rings. The molecule has 0 fully saturated rings. The van der Waals surface area contributed by atoms with Crippen LogP contribution in [-0.2, 0) is 16.6 Å². The zero-order valence-corrected chi connectivity index (χ0v) is 11.4. The Morgan fingerprint density at radius 2 is 2.19 bits per heavy atom. The van der Waals surface area contributed by atoms with E-state index in [9.17, 15) is 4.79 Å². The minimum Gasteiger partial charge on any atom is -0.311 e. The average Bonchev–Trinajstić information content (AvgIpc) is 2.64. The number of thiazole rings is 1. The van der Waals surface area contributed by atoms with E-state index < -0.39 is 0 Å². The molecule has 0 saturated heterocycles. The maximum atomic E-state index is 11.7. The van der Waals surface area contributed by atoms with Gasteiger partial charge in [0.1, 0.15) is 5.01 Å². The third-order valence-corrected chi connectivity index (χ3v) is 3.41. The van der Waals surface area contributed by atoms with Gasteiger partial charge in [0, 0.05) is 10.8 Å². The molecular weight excluding hydrogens is 220 g/mol. The Kier molecular flexibility index (Phi) is 4.21. The molecule has 90 valence electrons. The van der Waals surface area contributed by atoms with Gasteiger partial charge in [0.2, 0.25) is 0 Å². The molecule has 0 aliphatic carbocycles. The van der Waals surface area contributed by atoms with Crippen molar-refractivity contribution in [3.8, 4) is 0 Å². The second kappa shape index (κ2) is 5.06. The van der Waals surface area contributed by atoms with E-state index >= 15 is 0 Å². The number of Topliss-reactive ketones (excluding diaryl/α,β-unsaturated/α-hetero) is 1. The van der Waals surface area contributed by atoms with E-state index in [1.165, 1.54) is 0 Å². The van der Waals surface area contributed by atoms with Crippen molar-refractivity contribution in [3.05, 3.63) is 16.1 Å². The molecule has 0 radical (unpaired) electrons. The van der Waals surface area contributed by atoms with Crippen LogP contribution in [0.2, 0.25) is 0 Å². The van der Waals surface area contributed by atoms with Crippen LogP contribution in [0.25, 0.3) is 0 Å². The summed E-state index contributed by atoms with van der Waals surface area (Å²) in [4.78, 5) is 16.2. The van der Waals surface area contributed by atoms with Crippen LogP contribution in [0.4, 0.5) is 0 Å². The van der Waals surface area contributed by atoms with Gasteiger partial charge in [-0.15, -0.1) is 11.3 Å². The van der Waals surface area contributed by atoms with Gasteiger partial charge in [0.15, 0.2) is 5.78 Å². The first kappa shape index (κ1) is 13.3. The summed E-state index contributed by atoms with van der Waals surface area (Å²) in [5, 5.41) is 5.91. The molecule has 0 aromatic carbocycles. The zero-order valence-electron chi connectivity index (χ0n) is 10.6. The van der Waals surface area contributed by atoms with Gasteiger partial charge in [0.05, 0.1) is 18.2 Å². The first-order chi connectivity index (χ1) is 7.34. The number of nitrogens with zero attached hydrogens (tertiary/aromatic N) is 1. The lowest BCUT2D eigenvalue weighted by atomic mass is 9.93. The molecule has 0 amide bonds. The SMILES string of the molecule is CNC(C)C(=O)Cc1nc(C(C)(C)C)cs1. The number of hydrogen-bond donors (Lipinski definition) is 1. The summed E-state index contributed by atoms with van der Waals surface area (Å²) in [5.41, 5.74) is 1.13. The highest BCUT2D eigenvalue weighted by atomic mass is 32.1. The summed E-state index contributed by atoms with van der Waals surface area (Å²) in [5.74, 6) is 0.192. The third kappa shape index (κ3) is 3.39. The first-order valence-corrected chi connectivity index (χ1v) is 6.37. The van der Waals surface area contributed by atoms with Crippen LogP contribution in [0.1, 0.15) is 38.4 Å². The maximum Gasteiger partial charge on any atom is 0.156 e. The Morgan fingerprint density at radius 3 is 2.62 bits per heavy atom. The van der Waals surface area contributed by atoms with Crippen LogP contribution in [0.5, 0.6) is 0 Å². The van der Waals surface area contributed by atoms with Crippen LogP contribution in [0.15, 0.2) is 5.38 Å². The lowest BCUT2D eigenvalue weighted by Crippen LogP contribution is -2.31. The van der Waals surface area contributed by atoms with E-state index in [1.54, 1.807) is 18.4 Å². The molecule has 4 heteroatoms. The molecule has 1 atom stereocenters. The molecule has 1 unspecified atom stereocenters. The topological polar surface area (TPSA) is 42.0 Å². The van der Waals surface area contributed by atoms with Crippen LogP contribution >= 0.6 is 11.3 Å². The van der Waals surface area contributed by atoms with Crippen LogP contribution in [0.3, 0.4) is 0 Å². The van der Waals surface area contributed by atoms with Crippen molar-refractivity contribution in [1.29, 1.82) is 0 Å². The van der Waals surface area contributed by atoms with Gasteiger partial charge in [-0.1, -0.05) is 20.8 Å². The van der Waals surface area contributed by atoms with Gasteiger partial charge in [-0.3, -0.25) is 4.79 Å². The maximum absolute atomic E-state index is 11.7. The Bertz CT molecular complexity index is 365. The molecule has 3 nitrogen and oxygen atoms in total. The highest BCUT2D eigenvalue weighted by Crippen LogP contribution is 2.24. The van der Waals surface area contributed by atoms with Gasteiger partial charge < -0.3 is 5.32 Å². The number of rotatable bonds is 4. The molecule has 1 aromatic rings. The molecule has 1 aromatic heterocycles. The van der Waals surface area contributed by atoms with Crippen molar-refractivity contribution < 1.29 is 4.79 Å². The van der Waals surface area contributed by atoms with E-state index in [0.29, 0.717) is 6.42 Å². The normalized spacial score (nSPS) is 13.8.